The van der Waals surface area contributed by atoms with E-state index in [0.29, 0.717) is 35.4 Å². The fourth-order valence-corrected chi connectivity index (χ4v) is 5.07. The normalized spacial score (nSPS) is 14.5. The lowest BCUT2D eigenvalue weighted by atomic mass is 10.3. The lowest BCUT2D eigenvalue weighted by Crippen LogP contribution is -2.28. The van der Waals surface area contributed by atoms with Crippen LogP contribution in [0.15, 0.2) is 41.3 Å². The van der Waals surface area contributed by atoms with Crippen LogP contribution < -0.4 is 14.8 Å². The summed E-state index contributed by atoms with van der Waals surface area (Å²) in [6.07, 6.45) is 1.64. The number of hydrogen-bond donors (Lipinski definition) is 1. The van der Waals surface area contributed by atoms with E-state index in [0.717, 1.165) is 12.8 Å². The first-order valence-electron chi connectivity index (χ1n) is 9.46. The molecule has 2 aromatic carbocycles. The molecule has 1 saturated heterocycles. The lowest BCUT2D eigenvalue weighted by molar-refractivity contribution is -0.118. The molecule has 0 unspecified atom stereocenters. The summed E-state index contributed by atoms with van der Waals surface area (Å²) in [5, 5.41) is 3.40. The number of rotatable bonds is 8. The molecular formula is C20H22Cl2N2O5S. The fourth-order valence-electron chi connectivity index (χ4n) is 3.06. The highest BCUT2D eigenvalue weighted by atomic mass is 35.5. The van der Waals surface area contributed by atoms with Gasteiger partial charge in [-0.25, -0.2) is 8.42 Å². The molecule has 10 heteroatoms. The third kappa shape index (κ3) is 5.37. The third-order valence-electron chi connectivity index (χ3n) is 4.46. The molecule has 1 aliphatic heterocycles. The zero-order chi connectivity index (χ0) is 21.7. The van der Waals surface area contributed by atoms with Crippen LogP contribution in [-0.4, -0.2) is 44.9 Å². The van der Waals surface area contributed by atoms with Gasteiger partial charge in [0.15, 0.2) is 6.61 Å². The number of nitrogens with zero attached hydrogens (tertiary/aromatic N) is 1. The van der Waals surface area contributed by atoms with E-state index in [4.69, 9.17) is 32.7 Å². The highest BCUT2D eigenvalue weighted by molar-refractivity contribution is 7.89. The van der Waals surface area contributed by atoms with Crippen LogP contribution in [0.3, 0.4) is 0 Å². The molecule has 1 amide bonds. The summed E-state index contributed by atoms with van der Waals surface area (Å²) in [5.41, 5.74) is 0.321. The van der Waals surface area contributed by atoms with Crippen molar-refractivity contribution in [2.75, 3.05) is 31.6 Å². The Kier molecular flexibility index (Phi) is 7.46. The van der Waals surface area contributed by atoms with Gasteiger partial charge >= 0.3 is 0 Å². The van der Waals surface area contributed by atoms with Crippen LogP contribution in [0.2, 0.25) is 10.0 Å². The smallest absolute Gasteiger partial charge is 0.262 e. The van der Waals surface area contributed by atoms with Crippen molar-refractivity contribution in [3.05, 3.63) is 46.4 Å². The Balaban J connectivity index is 1.75. The molecule has 7 nitrogen and oxygen atoms in total. The van der Waals surface area contributed by atoms with Gasteiger partial charge in [-0.2, -0.15) is 4.31 Å². The minimum absolute atomic E-state index is 0.0304. The number of halogens is 2. The fraction of sp³-hybridized carbons (Fsp3) is 0.350. The zero-order valence-electron chi connectivity index (χ0n) is 16.4. The van der Waals surface area contributed by atoms with Gasteiger partial charge in [0.2, 0.25) is 10.0 Å². The number of ether oxygens (including phenoxy) is 2. The first-order valence-corrected chi connectivity index (χ1v) is 11.7. The largest absolute Gasteiger partial charge is 0.492 e. The highest BCUT2D eigenvalue weighted by Gasteiger charge is 2.30. The van der Waals surface area contributed by atoms with E-state index in [1.54, 1.807) is 25.1 Å². The molecule has 0 saturated carbocycles. The number of amides is 1. The number of hydrogen-bond acceptors (Lipinski definition) is 5. The van der Waals surface area contributed by atoms with Crippen molar-refractivity contribution in [1.29, 1.82) is 0 Å². The summed E-state index contributed by atoms with van der Waals surface area (Å²) in [6, 6.07) is 9.21. The number of sulfonamides is 1. The zero-order valence-corrected chi connectivity index (χ0v) is 18.7. The maximum absolute atomic E-state index is 13.0. The number of anilines is 1. The topological polar surface area (TPSA) is 84.9 Å². The Bertz CT molecular complexity index is 1020. The van der Waals surface area contributed by atoms with E-state index in [9.17, 15) is 13.2 Å². The number of carbonyl (C=O) groups is 1. The first-order chi connectivity index (χ1) is 14.3. The maximum Gasteiger partial charge on any atom is 0.262 e. The Hall–Kier alpha value is -2.00. The van der Waals surface area contributed by atoms with Gasteiger partial charge in [0.1, 0.15) is 16.4 Å². The van der Waals surface area contributed by atoms with Crippen LogP contribution in [-0.2, 0) is 14.8 Å². The first kappa shape index (κ1) is 22.7. The minimum atomic E-state index is -3.72. The second-order valence-electron chi connectivity index (χ2n) is 6.62. The van der Waals surface area contributed by atoms with E-state index in [1.165, 1.54) is 22.5 Å². The van der Waals surface area contributed by atoms with Gasteiger partial charge in [0.25, 0.3) is 5.91 Å². The number of carbonyl (C=O) groups excluding carboxylic acids is 1. The summed E-state index contributed by atoms with van der Waals surface area (Å²) in [4.78, 5) is 12.3. The number of nitrogens with one attached hydrogen (secondary N) is 1. The Morgan fingerprint density at radius 3 is 2.50 bits per heavy atom. The van der Waals surface area contributed by atoms with Crippen LogP contribution in [0.25, 0.3) is 0 Å². The SMILES string of the molecule is CCOc1ccc(NC(=O)COc2cc(Cl)ccc2Cl)cc1S(=O)(=O)N1CCCC1. The van der Waals surface area contributed by atoms with Gasteiger partial charge in [0.05, 0.1) is 11.6 Å². The molecule has 0 aromatic heterocycles. The summed E-state index contributed by atoms with van der Waals surface area (Å²) in [5.74, 6) is 0.0624. The van der Waals surface area contributed by atoms with Gasteiger partial charge in [-0.3, -0.25) is 4.79 Å². The third-order valence-corrected chi connectivity index (χ3v) is 6.93. The van der Waals surface area contributed by atoms with Crippen LogP contribution in [0.4, 0.5) is 5.69 Å². The standard InChI is InChI=1S/C20H22Cl2N2O5S/c1-2-28-17-8-6-15(12-19(17)30(26,27)24-9-3-4-10-24)23-20(25)13-29-18-11-14(21)5-7-16(18)22/h5-8,11-12H,2-4,9-10,13H2,1H3,(H,23,25). The Labute approximate surface area is 185 Å². The van der Waals surface area contributed by atoms with Crippen molar-refractivity contribution >= 4 is 44.8 Å². The molecule has 0 atom stereocenters. The van der Waals surface area contributed by atoms with Gasteiger partial charge in [-0.15, -0.1) is 0 Å². The minimum Gasteiger partial charge on any atom is -0.492 e. The average molecular weight is 473 g/mol. The Morgan fingerprint density at radius 1 is 1.07 bits per heavy atom. The van der Waals surface area contributed by atoms with Crippen molar-refractivity contribution in [2.45, 2.75) is 24.7 Å². The molecule has 1 heterocycles. The molecule has 0 spiro atoms. The van der Waals surface area contributed by atoms with Gasteiger partial charge in [0, 0.05) is 29.9 Å². The van der Waals surface area contributed by atoms with Crippen LogP contribution in [0.1, 0.15) is 19.8 Å². The molecule has 0 bridgehead atoms. The quantitative estimate of drug-likeness (QED) is 0.622. The molecule has 1 fully saturated rings. The van der Waals surface area contributed by atoms with Crippen molar-refractivity contribution < 1.29 is 22.7 Å². The highest BCUT2D eigenvalue weighted by Crippen LogP contribution is 2.32. The molecular weight excluding hydrogens is 451 g/mol. The van der Waals surface area contributed by atoms with Crippen molar-refractivity contribution in [1.82, 2.24) is 4.31 Å². The summed E-state index contributed by atoms with van der Waals surface area (Å²) in [7, 11) is -3.72. The van der Waals surface area contributed by atoms with Gasteiger partial charge in [-0.1, -0.05) is 23.2 Å². The summed E-state index contributed by atoms with van der Waals surface area (Å²) < 4.78 is 38.4. The molecule has 30 heavy (non-hydrogen) atoms. The predicted octanol–water partition coefficient (Wildman–Crippen LogP) is 4.19. The van der Waals surface area contributed by atoms with Crippen molar-refractivity contribution in [2.24, 2.45) is 0 Å². The summed E-state index contributed by atoms with van der Waals surface area (Å²) >= 11 is 11.9. The molecule has 1 N–H and O–H groups in total. The lowest BCUT2D eigenvalue weighted by Gasteiger charge is -2.19. The molecule has 162 valence electrons. The Morgan fingerprint density at radius 2 is 1.80 bits per heavy atom. The van der Waals surface area contributed by atoms with Crippen molar-refractivity contribution in [3.8, 4) is 11.5 Å². The molecule has 2 aromatic rings. The van der Waals surface area contributed by atoms with Crippen LogP contribution in [0, 0.1) is 0 Å². The molecule has 0 aliphatic carbocycles. The van der Waals surface area contributed by atoms with Crippen molar-refractivity contribution in [3.63, 3.8) is 0 Å². The van der Waals surface area contributed by atoms with Gasteiger partial charge in [-0.05, 0) is 50.1 Å². The molecule has 1 aliphatic rings. The van der Waals surface area contributed by atoms with E-state index < -0.39 is 15.9 Å². The number of benzene rings is 2. The maximum atomic E-state index is 13.0. The monoisotopic (exact) mass is 472 g/mol. The second-order valence-corrected chi connectivity index (χ2v) is 9.37. The summed E-state index contributed by atoms with van der Waals surface area (Å²) in [6.45, 7) is 2.72. The van der Waals surface area contributed by atoms with E-state index in [1.807, 2.05) is 0 Å². The van der Waals surface area contributed by atoms with Gasteiger partial charge < -0.3 is 14.8 Å². The predicted molar refractivity (Wildman–Crippen MR) is 116 cm³/mol. The van der Waals surface area contributed by atoms with E-state index in [2.05, 4.69) is 5.32 Å². The van der Waals surface area contributed by atoms with E-state index in [-0.39, 0.29) is 23.0 Å². The van der Waals surface area contributed by atoms with E-state index >= 15 is 0 Å². The molecule has 0 radical (unpaired) electrons. The molecule has 3 rings (SSSR count). The average Bonchev–Trinajstić information content (AvgIpc) is 3.26. The van der Waals surface area contributed by atoms with Crippen LogP contribution in [0.5, 0.6) is 11.5 Å². The van der Waals surface area contributed by atoms with Crippen LogP contribution >= 0.6 is 23.2 Å². The second kappa shape index (κ2) is 9.87.